The van der Waals surface area contributed by atoms with E-state index in [2.05, 4.69) is 10.3 Å². The lowest BCUT2D eigenvalue weighted by atomic mass is 10.1. The van der Waals surface area contributed by atoms with Gasteiger partial charge in [0.05, 0.1) is 19.4 Å². The van der Waals surface area contributed by atoms with Crippen molar-refractivity contribution < 1.29 is 19.1 Å². The first-order valence-electron chi connectivity index (χ1n) is 7.98. The summed E-state index contributed by atoms with van der Waals surface area (Å²) >= 11 is 0. The van der Waals surface area contributed by atoms with Crippen LogP contribution in [-0.2, 0) is 13.2 Å². The highest BCUT2D eigenvalue weighted by Gasteiger charge is 2.17. The number of aromatic nitrogens is 1. The van der Waals surface area contributed by atoms with Crippen LogP contribution in [-0.4, -0.2) is 23.1 Å². The fraction of sp³-hybridized carbons (Fsp3) is 0.211. The molecule has 0 aliphatic rings. The number of aryl methyl sites for hydroxylation is 1. The van der Waals surface area contributed by atoms with Crippen molar-refractivity contribution in [2.24, 2.45) is 0 Å². The third kappa shape index (κ3) is 3.29. The molecule has 7 heteroatoms. The van der Waals surface area contributed by atoms with E-state index >= 15 is 0 Å². The third-order valence-electron chi connectivity index (χ3n) is 4.08. The molecule has 2 aromatic heterocycles. The summed E-state index contributed by atoms with van der Waals surface area (Å²) in [5.74, 6) is 0.0764. The smallest absolute Gasteiger partial charge is 0.349 e. The van der Waals surface area contributed by atoms with Crippen LogP contribution >= 0.6 is 0 Å². The Morgan fingerprint density at radius 2 is 2.08 bits per heavy atom. The van der Waals surface area contributed by atoms with Gasteiger partial charge in [-0.1, -0.05) is 18.2 Å². The number of carbonyl (C=O) groups excluding carboxylic acids is 1. The Hall–Kier alpha value is -3.19. The van der Waals surface area contributed by atoms with Crippen molar-refractivity contribution in [1.29, 1.82) is 0 Å². The van der Waals surface area contributed by atoms with Gasteiger partial charge in [0, 0.05) is 29.3 Å². The minimum Gasteiger partial charge on any atom is -0.496 e. The molecule has 0 atom stereocenters. The highest BCUT2D eigenvalue weighted by Crippen LogP contribution is 2.21. The van der Waals surface area contributed by atoms with Crippen molar-refractivity contribution in [3.8, 4) is 5.75 Å². The zero-order chi connectivity index (χ0) is 18.7. The molecule has 1 aromatic carbocycles. The maximum absolute atomic E-state index is 12.5. The second kappa shape index (κ2) is 7.37. The summed E-state index contributed by atoms with van der Waals surface area (Å²) in [6, 6.07) is 8.70. The topological polar surface area (TPSA) is 102 Å². The maximum atomic E-state index is 12.5. The van der Waals surface area contributed by atoms with Crippen LogP contribution in [0.1, 0.15) is 27.2 Å². The van der Waals surface area contributed by atoms with Crippen LogP contribution in [0.25, 0.3) is 11.0 Å². The number of aliphatic hydroxyl groups is 1. The van der Waals surface area contributed by atoms with E-state index in [4.69, 9.17) is 9.15 Å². The molecule has 7 nitrogen and oxygen atoms in total. The summed E-state index contributed by atoms with van der Waals surface area (Å²) in [5, 5.41) is 12.6. The van der Waals surface area contributed by atoms with Gasteiger partial charge >= 0.3 is 5.63 Å². The van der Waals surface area contributed by atoms with Gasteiger partial charge in [-0.25, -0.2) is 4.79 Å². The standard InChI is InChI=1S/C19H18N2O5/c1-11-17-14(13(10-22)9-20-11)7-15(19(24)26-17)18(23)21-8-12-5-3-4-6-16(12)25-2/h3-7,9,22H,8,10H2,1-2H3,(H,21,23). The molecule has 134 valence electrons. The van der Waals surface area contributed by atoms with Gasteiger partial charge in [0.25, 0.3) is 5.91 Å². The minimum atomic E-state index is -0.755. The van der Waals surface area contributed by atoms with Crippen molar-refractivity contribution in [1.82, 2.24) is 10.3 Å². The third-order valence-corrected chi connectivity index (χ3v) is 4.08. The van der Waals surface area contributed by atoms with Gasteiger partial charge in [-0.15, -0.1) is 0 Å². The van der Waals surface area contributed by atoms with E-state index in [1.165, 1.54) is 12.3 Å². The number of hydrogen-bond acceptors (Lipinski definition) is 6. The molecule has 3 rings (SSSR count). The maximum Gasteiger partial charge on any atom is 0.349 e. The molecule has 0 saturated carbocycles. The Morgan fingerprint density at radius 1 is 1.31 bits per heavy atom. The van der Waals surface area contributed by atoms with Crippen LogP contribution < -0.4 is 15.7 Å². The number of aliphatic hydroxyl groups excluding tert-OH is 1. The number of rotatable bonds is 5. The van der Waals surface area contributed by atoms with Crippen LogP contribution in [0.4, 0.5) is 0 Å². The molecule has 2 N–H and O–H groups in total. The predicted molar refractivity (Wildman–Crippen MR) is 95.1 cm³/mol. The molecule has 0 saturated heterocycles. The highest BCUT2D eigenvalue weighted by atomic mass is 16.5. The normalized spacial score (nSPS) is 10.7. The van der Waals surface area contributed by atoms with Gasteiger partial charge in [0.2, 0.25) is 0 Å². The first-order chi connectivity index (χ1) is 12.5. The van der Waals surface area contributed by atoms with Crippen LogP contribution in [0.3, 0.4) is 0 Å². The fourth-order valence-electron chi connectivity index (χ4n) is 2.69. The summed E-state index contributed by atoms with van der Waals surface area (Å²) in [7, 11) is 1.55. The molecule has 1 amide bonds. The monoisotopic (exact) mass is 354 g/mol. The van der Waals surface area contributed by atoms with Crippen molar-refractivity contribution in [3.05, 3.63) is 69.3 Å². The van der Waals surface area contributed by atoms with Crippen molar-refractivity contribution >= 4 is 16.9 Å². The zero-order valence-corrected chi connectivity index (χ0v) is 14.4. The van der Waals surface area contributed by atoms with Crippen LogP contribution in [0.2, 0.25) is 0 Å². The Labute approximate surface area is 149 Å². The predicted octanol–water partition coefficient (Wildman–Crippen LogP) is 1.93. The molecule has 3 aromatic rings. The number of para-hydroxylation sites is 1. The number of amides is 1. The Balaban J connectivity index is 1.93. The van der Waals surface area contributed by atoms with Gasteiger partial charge in [0.1, 0.15) is 11.3 Å². The summed E-state index contributed by atoms with van der Waals surface area (Å²) in [6.45, 7) is 1.61. The molecule has 0 aliphatic heterocycles. The number of fused-ring (bicyclic) bond motifs is 1. The molecular formula is C19H18N2O5. The summed E-state index contributed by atoms with van der Waals surface area (Å²) in [5.41, 5.74) is 1.15. The number of benzene rings is 1. The SMILES string of the molecule is COc1ccccc1CNC(=O)c1cc2c(CO)cnc(C)c2oc1=O. The quantitative estimate of drug-likeness (QED) is 0.726. The van der Waals surface area contributed by atoms with Gasteiger partial charge in [0.15, 0.2) is 5.58 Å². The lowest BCUT2D eigenvalue weighted by Crippen LogP contribution is -2.28. The van der Waals surface area contributed by atoms with Crippen molar-refractivity contribution in [3.63, 3.8) is 0 Å². The summed E-state index contributed by atoms with van der Waals surface area (Å²) in [6.07, 6.45) is 1.49. The molecule has 26 heavy (non-hydrogen) atoms. The molecule has 0 aliphatic carbocycles. The van der Waals surface area contributed by atoms with E-state index in [1.54, 1.807) is 20.1 Å². The van der Waals surface area contributed by atoms with Crippen LogP contribution in [0.5, 0.6) is 5.75 Å². The van der Waals surface area contributed by atoms with E-state index < -0.39 is 11.5 Å². The average Bonchev–Trinajstić information content (AvgIpc) is 2.66. The molecular weight excluding hydrogens is 336 g/mol. The first-order valence-corrected chi connectivity index (χ1v) is 7.98. The first kappa shape index (κ1) is 17.6. The lowest BCUT2D eigenvalue weighted by Gasteiger charge is -2.10. The molecule has 0 radical (unpaired) electrons. The summed E-state index contributed by atoms with van der Waals surface area (Å²) in [4.78, 5) is 28.8. The zero-order valence-electron chi connectivity index (χ0n) is 14.4. The molecule has 0 fully saturated rings. The van der Waals surface area contributed by atoms with Crippen LogP contribution in [0.15, 0.2) is 45.7 Å². The Kier molecular flexibility index (Phi) is 4.99. The van der Waals surface area contributed by atoms with Crippen molar-refractivity contribution in [2.75, 3.05) is 7.11 Å². The number of hydrogen-bond donors (Lipinski definition) is 2. The number of nitrogens with one attached hydrogen (secondary N) is 1. The van der Waals surface area contributed by atoms with E-state index in [1.807, 2.05) is 18.2 Å². The van der Waals surface area contributed by atoms with Gasteiger partial charge < -0.3 is 19.6 Å². The molecule has 0 spiro atoms. The van der Waals surface area contributed by atoms with E-state index in [0.29, 0.717) is 22.4 Å². The number of methoxy groups -OCH3 is 1. The second-order valence-electron chi connectivity index (χ2n) is 5.71. The van der Waals surface area contributed by atoms with Gasteiger partial charge in [-0.2, -0.15) is 0 Å². The number of carbonyl (C=O) groups is 1. The second-order valence-corrected chi connectivity index (χ2v) is 5.71. The number of ether oxygens (including phenoxy) is 1. The van der Waals surface area contributed by atoms with Crippen molar-refractivity contribution in [2.45, 2.75) is 20.1 Å². The number of nitrogens with zero attached hydrogens (tertiary/aromatic N) is 1. The van der Waals surface area contributed by atoms with Gasteiger partial charge in [-0.05, 0) is 19.1 Å². The molecule has 0 unspecified atom stereocenters. The largest absolute Gasteiger partial charge is 0.496 e. The Morgan fingerprint density at radius 3 is 2.81 bits per heavy atom. The van der Waals surface area contributed by atoms with Crippen LogP contribution in [0, 0.1) is 6.92 Å². The summed E-state index contributed by atoms with van der Waals surface area (Å²) < 4.78 is 10.5. The van der Waals surface area contributed by atoms with E-state index in [-0.39, 0.29) is 24.3 Å². The lowest BCUT2D eigenvalue weighted by molar-refractivity contribution is 0.0947. The molecule has 0 bridgehead atoms. The van der Waals surface area contributed by atoms with E-state index in [0.717, 1.165) is 5.56 Å². The van der Waals surface area contributed by atoms with Gasteiger partial charge in [-0.3, -0.25) is 9.78 Å². The fourth-order valence-corrected chi connectivity index (χ4v) is 2.69. The minimum absolute atomic E-state index is 0.132. The number of pyridine rings is 1. The molecule has 2 heterocycles. The highest BCUT2D eigenvalue weighted by molar-refractivity contribution is 5.97. The Bertz CT molecular complexity index is 1030. The average molecular weight is 354 g/mol. The van der Waals surface area contributed by atoms with E-state index in [9.17, 15) is 14.7 Å².